The first kappa shape index (κ1) is 19.2. The van der Waals surface area contributed by atoms with E-state index in [0.717, 1.165) is 56.2 Å². The molecule has 9 nitrogen and oxygen atoms in total. The van der Waals surface area contributed by atoms with Crippen LogP contribution < -0.4 is 15.8 Å². The zero-order chi connectivity index (χ0) is 20.2. The average molecular weight is 395 g/mol. The molecular formula is C20H25N7O2. The Morgan fingerprint density at radius 3 is 2.79 bits per heavy atom. The van der Waals surface area contributed by atoms with Crippen molar-refractivity contribution in [3.63, 3.8) is 0 Å². The summed E-state index contributed by atoms with van der Waals surface area (Å²) in [5, 5.41) is 3.37. The summed E-state index contributed by atoms with van der Waals surface area (Å²) in [6.07, 6.45) is 0.903. The van der Waals surface area contributed by atoms with Gasteiger partial charge in [0.2, 0.25) is 0 Å². The summed E-state index contributed by atoms with van der Waals surface area (Å²) >= 11 is 0. The van der Waals surface area contributed by atoms with Gasteiger partial charge in [-0.15, -0.1) is 0 Å². The molecule has 0 radical (unpaired) electrons. The fourth-order valence-corrected chi connectivity index (χ4v) is 3.39. The SMILES string of the molecule is CN1CCN(CCNc2ccc(-c3nc4c(OC(N)=O)cccc4[nH]3)cn2)CC1. The third kappa shape index (κ3) is 4.64. The molecule has 4 rings (SSSR count). The van der Waals surface area contributed by atoms with E-state index in [9.17, 15) is 4.79 Å². The second kappa shape index (κ2) is 8.46. The normalized spacial score (nSPS) is 15.5. The van der Waals surface area contributed by atoms with E-state index in [1.165, 1.54) is 0 Å². The minimum Gasteiger partial charge on any atom is -0.408 e. The van der Waals surface area contributed by atoms with Crippen LogP contribution in [0.3, 0.4) is 0 Å². The summed E-state index contributed by atoms with van der Waals surface area (Å²) in [6, 6.07) is 9.18. The Hall–Kier alpha value is -3.17. The highest BCUT2D eigenvalue weighted by Crippen LogP contribution is 2.27. The molecule has 0 aliphatic carbocycles. The molecule has 4 N–H and O–H groups in total. The quantitative estimate of drug-likeness (QED) is 0.583. The number of benzene rings is 1. The standard InChI is InChI=1S/C20H25N7O2/c1-26-9-11-27(12-10-26)8-7-22-17-6-5-14(13-23-17)19-24-15-3-2-4-16(18(15)25-19)29-20(21)28/h2-6,13H,7-12H2,1H3,(H2,21,28)(H,22,23)(H,24,25). The lowest BCUT2D eigenvalue weighted by atomic mass is 10.2. The van der Waals surface area contributed by atoms with Gasteiger partial charge >= 0.3 is 6.09 Å². The first-order valence-corrected chi connectivity index (χ1v) is 9.66. The van der Waals surface area contributed by atoms with Gasteiger partial charge in [0, 0.05) is 51.0 Å². The van der Waals surface area contributed by atoms with Crippen molar-refractivity contribution in [2.45, 2.75) is 0 Å². The maximum Gasteiger partial charge on any atom is 0.410 e. The monoisotopic (exact) mass is 395 g/mol. The van der Waals surface area contributed by atoms with Gasteiger partial charge in [-0.05, 0) is 31.3 Å². The number of amides is 1. The van der Waals surface area contributed by atoms with Crippen LogP contribution in [-0.4, -0.2) is 77.2 Å². The number of aromatic nitrogens is 3. The largest absolute Gasteiger partial charge is 0.410 e. The molecule has 1 amide bonds. The topological polar surface area (TPSA) is 112 Å². The fraction of sp³-hybridized carbons (Fsp3) is 0.350. The van der Waals surface area contributed by atoms with Crippen molar-refractivity contribution in [3.05, 3.63) is 36.5 Å². The Labute approximate surface area is 168 Å². The number of carbonyl (C=O) groups excluding carboxylic acids is 1. The molecule has 1 aliphatic heterocycles. The maximum atomic E-state index is 11.1. The first-order chi connectivity index (χ1) is 14.1. The van der Waals surface area contributed by atoms with Crippen molar-refractivity contribution in [1.29, 1.82) is 0 Å². The fourth-order valence-electron chi connectivity index (χ4n) is 3.39. The predicted octanol–water partition coefficient (Wildman–Crippen LogP) is 1.74. The summed E-state index contributed by atoms with van der Waals surface area (Å²) < 4.78 is 5.02. The van der Waals surface area contributed by atoms with Crippen LogP contribution >= 0.6 is 0 Å². The highest BCUT2D eigenvalue weighted by Gasteiger charge is 2.14. The van der Waals surface area contributed by atoms with Crippen molar-refractivity contribution in [3.8, 4) is 17.1 Å². The number of carbonyl (C=O) groups is 1. The van der Waals surface area contributed by atoms with Gasteiger partial charge in [0.25, 0.3) is 0 Å². The molecule has 1 saturated heterocycles. The number of hydrogen-bond acceptors (Lipinski definition) is 7. The van der Waals surface area contributed by atoms with Crippen LogP contribution in [0.4, 0.5) is 10.6 Å². The Morgan fingerprint density at radius 2 is 2.07 bits per heavy atom. The number of fused-ring (bicyclic) bond motifs is 1. The van der Waals surface area contributed by atoms with E-state index >= 15 is 0 Å². The number of pyridine rings is 1. The van der Waals surface area contributed by atoms with E-state index in [0.29, 0.717) is 17.1 Å². The Bertz CT molecular complexity index is 978. The Balaban J connectivity index is 1.39. The Morgan fingerprint density at radius 1 is 1.24 bits per heavy atom. The van der Waals surface area contributed by atoms with E-state index in [1.807, 2.05) is 18.2 Å². The second-order valence-corrected chi connectivity index (χ2v) is 7.16. The zero-order valence-electron chi connectivity index (χ0n) is 16.4. The molecule has 0 saturated carbocycles. The number of nitrogens with one attached hydrogen (secondary N) is 2. The lowest BCUT2D eigenvalue weighted by molar-refractivity contribution is 0.158. The molecule has 2 aromatic heterocycles. The van der Waals surface area contributed by atoms with Gasteiger partial charge in [0.15, 0.2) is 5.75 Å². The molecule has 152 valence electrons. The van der Waals surface area contributed by atoms with Crippen LogP contribution in [0.5, 0.6) is 5.75 Å². The van der Waals surface area contributed by atoms with E-state index in [-0.39, 0.29) is 0 Å². The number of hydrogen-bond donors (Lipinski definition) is 3. The lowest BCUT2D eigenvalue weighted by Gasteiger charge is -2.32. The molecule has 0 atom stereocenters. The third-order valence-corrected chi connectivity index (χ3v) is 5.05. The van der Waals surface area contributed by atoms with E-state index in [2.05, 4.69) is 37.1 Å². The van der Waals surface area contributed by atoms with Gasteiger partial charge in [-0.1, -0.05) is 6.07 Å². The number of H-pyrrole nitrogens is 1. The van der Waals surface area contributed by atoms with Gasteiger partial charge in [0.1, 0.15) is 17.2 Å². The summed E-state index contributed by atoms with van der Waals surface area (Å²) in [7, 11) is 2.16. The minimum absolute atomic E-state index is 0.327. The number of nitrogens with two attached hydrogens (primary N) is 1. The van der Waals surface area contributed by atoms with Crippen molar-refractivity contribution >= 4 is 22.9 Å². The number of nitrogens with zero attached hydrogens (tertiary/aromatic N) is 4. The van der Waals surface area contributed by atoms with Gasteiger partial charge in [-0.25, -0.2) is 14.8 Å². The van der Waals surface area contributed by atoms with Gasteiger partial charge in [0.05, 0.1) is 5.52 Å². The van der Waals surface area contributed by atoms with Crippen molar-refractivity contribution in [1.82, 2.24) is 24.8 Å². The van der Waals surface area contributed by atoms with Crippen LogP contribution in [0.15, 0.2) is 36.5 Å². The highest BCUT2D eigenvalue weighted by atomic mass is 16.5. The summed E-state index contributed by atoms with van der Waals surface area (Å²) in [5.74, 6) is 1.81. The lowest BCUT2D eigenvalue weighted by Crippen LogP contribution is -2.45. The molecule has 3 heterocycles. The summed E-state index contributed by atoms with van der Waals surface area (Å²) in [5.41, 5.74) is 7.27. The average Bonchev–Trinajstić information content (AvgIpc) is 3.15. The van der Waals surface area contributed by atoms with Crippen LogP contribution in [0, 0.1) is 0 Å². The number of primary amides is 1. The predicted molar refractivity (Wildman–Crippen MR) is 112 cm³/mol. The minimum atomic E-state index is -0.865. The number of para-hydroxylation sites is 1. The molecule has 0 unspecified atom stereocenters. The Kier molecular flexibility index (Phi) is 5.59. The molecule has 3 aromatic rings. The number of imidazole rings is 1. The molecule has 1 fully saturated rings. The molecule has 9 heteroatoms. The maximum absolute atomic E-state index is 11.1. The number of rotatable bonds is 6. The summed E-state index contributed by atoms with van der Waals surface area (Å²) in [4.78, 5) is 28.1. The number of aromatic amines is 1. The third-order valence-electron chi connectivity index (χ3n) is 5.05. The van der Waals surface area contributed by atoms with Gasteiger partial charge in [-0.3, -0.25) is 4.90 Å². The summed E-state index contributed by atoms with van der Waals surface area (Å²) in [6.45, 7) is 6.32. The number of likely N-dealkylation sites (N-methyl/N-ethyl adjacent to an activating group) is 1. The number of piperazine rings is 1. The smallest absolute Gasteiger partial charge is 0.408 e. The molecule has 1 aliphatic rings. The first-order valence-electron chi connectivity index (χ1n) is 9.66. The van der Waals surface area contributed by atoms with E-state index < -0.39 is 6.09 Å². The number of ether oxygens (including phenoxy) is 1. The molecular weight excluding hydrogens is 370 g/mol. The van der Waals surface area contributed by atoms with Gasteiger partial charge in [-0.2, -0.15) is 0 Å². The van der Waals surface area contributed by atoms with Crippen LogP contribution in [-0.2, 0) is 0 Å². The second-order valence-electron chi connectivity index (χ2n) is 7.16. The zero-order valence-corrected chi connectivity index (χ0v) is 16.4. The van der Waals surface area contributed by atoms with Crippen molar-refractivity contribution in [2.75, 3.05) is 51.6 Å². The van der Waals surface area contributed by atoms with Crippen molar-refractivity contribution in [2.24, 2.45) is 5.73 Å². The van der Waals surface area contributed by atoms with E-state index in [1.54, 1.807) is 18.3 Å². The molecule has 29 heavy (non-hydrogen) atoms. The highest BCUT2D eigenvalue weighted by molar-refractivity contribution is 5.87. The van der Waals surface area contributed by atoms with Gasteiger partial charge < -0.3 is 25.7 Å². The number of anilines is 1. The van der Waals surface area contributed by atoms with Crippen LogP contribution in [0.25, 0.3) is 22.4 Å². The molecule has 1 aromatic carbocycles. The van der Waals surface area contributed by atoms with E-state index in [4.69, 9.17) is 10.5 Å². The van der Waals surface area contributed by atoms with Crippen LogP contribution in [0.2, 0.25) is 0 Å². The molecule has 0 spiro atoms. The van der Waals surface area contributed by atoms with Crippen LogP contribution in [0.1, 0.15) is 0 Å². The van der Waals surface area contributed by atoms with Crippen molar-refractivity contribution < 1.29 is 9.53 Å². The molecule has 0 bridgehead atoms.